The molecule has 0 bridgehead atoms. The zero-order valence-corrected chi connectivity index (χ0v) is 7.97. The van der Waals surface area contributed by atoms with Gasteiger partial charge < -0.3 is 9.99 Å². The molecule has 2 rings (SSSR count). The van der Waals surface area contributed by atoms with E-state index in [0.29, 0.717) is 12.4 Å². The second kappa shape index (κ2) is 4.14. The minimum atomic E-state index is -0.958. The molecule has 0 saturated carbocycles. The van der Waals surface area contributed by atoms with E-state index in [9.17, 15) is 4.79 Å². The number of fused-ring (bicyclic) bond motifs is 1. The standard InChI is InChI=1S/C11H10O4/c12-11(13)5-4-8-2-1-3-10-9(8)6-7-14-15-10/h1-5H,6-7H2,(H,12,13)/b5-4+. The Kier molecular flexibility index (Phi) is 2.69. The van der Waals surface area contributed by atoms with E-state index >= 15 is 0 Å². The highest BCUT2D eigenvalue weighted by molar-refractivity contribution is 5.85. The minimum absolute atomic E-state index is 0.491. The molecular weight excluding hydrogens is 196 g/mol. The molecule has 0 saturated heterocycles. The molecule has 0 radical (unpaired) electrons. The van der Waals surface area contributed by atoms with E-state index in [1.165, 1.54) is 0 Å². The van der Waals surface area contributed by atoms with Crippen LogP contribution in [0.3, 0.4) is 0 Å². The van der Waals surface area contributed by atoms with Gasteiger partial charge in [0, 0.05) is 18.1 Å². The minimum Gasteiger partial charge on any atom is -0.478 e. The first-order valence-corrected chi connectivity index (χ1v) is 4.60. The molecule has 0 fully saturated rings. The molecule has 4 heteroatoms. The van der Waals surface area contributed by atoms with Crippen LogP contribution in [-0.4, -0.2) is 17.7 Å². The summed E-state index contributed by atoms with van der Waals surface area (Å²) in [6.45, 7) is 0.491. The van der Waals surface area contributed by atoms with Crippen LogP contribution in [0.5, 0.6) is 5.75 Å². The van der Waals surface area contributed by atoms with Gasteiger partial charge >= 0.3 is 5.97 Å². The molecule has 15 heavy (non-hydrogen) atoms. The first-order chi connectivity index (χ1) is 7.27. The number of carbonyl (C=O) groups is 1. The van der Waals surface area contributed by atoms with E-state index in [2.05, 4.69) is 0 Å². The summed E-state index contributed by atoms with van der Waals surface area (Å²) in [5.41, 5.74) is 1.85. The molecule has 0 spiro atoms. The van der Waals surface area contributed by atoms with Gasteiger partial charge in [-0.05, 0) is 17.7 Å². The average Bonchev–Trinajstić information content (AvgIpc) is 2.26. The van der Waals surface area contributed by atoms with Crippen molar-refractivity contribution < 1.29 is 19.7 Å². The summed E-state index contributed by atoms with van der Waals surface area (Å²) in [4.78, 5) is 20.2. The number of carboxylic acid groups (broad SMARTS) is 1. The Morgan fingerprint density at radius 2 is 2.33 bits per heavy atom. The monoisotopic (exact) mass is 206 g/mol. The van der Waals surface area contributed by atoms with Gasteiger partial charge in [-0.1, -0.05) is 12.1 Å². The summed E-state index contributed by atoms with van der Waals surface area (Å²) in [5.74, 6) is -0.297. The first kappa shape index (κ1) is 9.73. The Morgan fingerprint density at radius 1 is 1.47 bits per heavy atom. The summed E-state index contributed by atoms with van der Waals surface area (Å²) in [7, 11) is 0. The summed E-state index contributed by atoms with van der Waals surface area (Å²) >= 11 is 0. The topological polar surface area (TPSA) is 55.8 Å². The van der Waals surface area contributed by atoms with Crippen molar-refractivity contribution >= 4 is 12.0 Å². The van der Waals surface area contributed by atoms with Crippen molar-refractivity contribution in [1.29, 1.82) is 0 Å². The lowest BCUT2D eigenvalue weighted by molar-refractivity contribution is -0.215. The Bertz CT molecular complexity index is 409. The van der Waals surface area contributed by atoms with Crippen LogP contribution in [0.1, 0.15) is 11.1 Å². The summed E-state index contributed by atoms with van der Waals surface area (Å²) in [6.07, 6.45) is 3.41. The maximum absolute atomic E-state index is 10.4. The van der Waals surface area contributed by atoms with Crippen LogP contribution < -0.4 is 4.89 Å². The first-order valence-electron chi connectivity index (χ1n) is 4.60. The van der Waals surface area contributed by atoms with E-state index in [-0.39, 0.29) is 0 Å². The predicted octanol–water partition coefficient (Wildman–Crippen LogP) is 1.65. The molecule has 0 atom stereocenters. The van der Waals surface area contributed by atoms with E-state index in [4.69, 9.17) is 14.9 Å². The van der Waals surface area contributed by atoms with Crippen molar-refractivity contribution in [3.63, 3.8) is 0 Å². The van der Waals surface area contributed by atoms with Crippen molar-refractivity contribution in [3.05, 3.63) is 35.4 Å². The van der Waals surface area contributed by atoms with Gasteiger partial charge in [0.25, 0.3) is 0 Å². The molecule has 0 aliphatic carbocycles. The number of benzene rings is 1. The molecule has 0 unspecified atom stereocenters. The fraction of sp³-hybridized carbons (Fsp3) is 0.182. The summed E-state index contributed by atoms with van der Waals surface area (Å²) < 4.78 is 0. The highest BCUT2D eigenvalue weighted by Gasteiger charge is 2.13. The summed E-state index contributed by atoms with van der Waals surface area (Å²) in [5, 5.41) is 8.54. The van der Waals surface area contributed by atoms with Gasteiger partial charge in [-0.3, -0.25) is 0 Å². The molecule has 1 aromatic rings. The molecule has 1 aromatic carbocycles. The number of aliphatic carboxylic acids is 1. The van der Waals surface area contributed by atoms with Crippen molar-refractivity contribution in [1.82, 2.24) is 0 Å². The molecule has 0 aromatic heterocycles. The fourth-order valence-electron chi connectivity index (χ4n) is 1.49. The molecule has 78 valence electrons. The lowest BCUT2D eigenvalue weighted by Crippen LogP contribution is -2.11. The quantitative estimate of drug-likeness (QED) is 0.590. The van der Waals surface area contributed by atoms with Crippen LogP contribution in [0.4, 0.5) is 0 Å². The van der Waals surface area contributed by atoms with Crippen LogP contribution in [0.15, 0.2) is 24.3 Å². The summed E-state index contributed by atoms with van der Waals surface area (Å²) in [6, 6.07) is 5.45. The highest BCUT2D eigenvalue weighted by atomic mass is 17.2. The van der Waals surface area contributed by atoms with Crippen LogP contribution >= 0.6 is 0 Å². The van der Waals surface area contributed by atoms with Gasteiger partial charge in [-0.15, -0.1) is 0 Å². The third-order valence-electron chi connectivity index (χ3n) is 2.16. The van der Waals surface area contributed by atoms with E-state index in [0.717, 1.165) is 23.6 Å². The van der Waals surface area contributed by atoms with Gasteiger partial charge in [-0.25, -0.2) is 4.79 Å². The molecular formula is C11H10O4. The second-order valence-electron chi connectivity index (χ2n) is 3.15. The maximum atomic E-state index is 10.4. The second-order valence-corrected chi connectivity index (χ2v) is 3.15. The van der Waals surface area contributed by atoms with Crippen molar-refractivity contribution in [2.45, 2.75) is 6.42 Å². The Hall–Kier alpha value is -1.81. The van der Waals surface area contributed by atoms with Gasteiger partial charge in [0.2, 0.25) is 0 Å². The van der Waals surface area contributed by atoms with Crippen LogP contribution in [-0.2, 0) is 16.1 Å². The number of carboxylic acids is 1. The molecule has 1 aliphatic heterocycles. The maximum Gasteiger partial charge on any atom is 0.328 e. The smallest absolute Gasteiger partial charge is 0.328 e. The number of hydrogen-bond donors (Lipinski definition) is 1. The van der Waals surface area contributed by atoms with Crippen molar-refractivity contribution in [3.8, 4) is 5.75 Å². The Morgan fingerprint density at radius 3 is 3.13 bits per heavy atom. The SMILES string of the molecule is O=C(O)/C=C/c1cccc2c1CCOO2. The van der Waals surface area contributed by atoms with Crippen LogP contribution in [0.25, 0.3) is 6.08 Å². The van der Waals surface area contributed by atoms with Gasteiger partial charge in [0.1, 0.15) is 0 Å². The average molecular weight is 206 g/mol. The van der Waals surface area contributed by atoms with Crippen LogP contribution in [0.2, 0.25) is 0 Å². The fourth-order valence-corrected chi connectivity index (χ4v) is 1.49. The molecule has 4 nitrogen and oxygen atoms in total. The zero-order chi connectivity index (χ0) is 10.7. The molecule has 1 N–H and O–H groups in total. The van der Waals surface area contributed by atoms with Gasteiger partial charge in [0.15, 0.2) is 5.75 Å². The molecule has 1 aliphatic rings. The Labute approximate surface area is 86.7 Å². The molecule has 1 heterocycles. The number of rotatable bonds is 2. The lowest BCUT2D eigenvalue weighted by Gasteiger charge is -2.17. The van der Waals surface area contributed by atoms with Gasteiger partial charge in [0.05, 0.1) is 6.61 Å². The third-order valence-corrected chi connectivity index (χ3v) is 2.16. The zero-order valence-electron chi connectivity index (χ0n) is 7.97. The normalized spacial score (nSPS) is 14.7. The largest absolute Gasteiger partial charge is 0.478 e. The molecule has 0 amide bonds. The number of hydrogen-bond acceptors (Lipinski definition) is 3. The third kappa shape index (κ3) is 2.16. The van der Waals surface area contributed by atoms with E-state index in [1.807, 2.05) is 6.07 Å². The van der Waals surface area contributed by atoms with Gasteiger partial charge in [-0.2, -0.15) is 4.89 Å². The van der Waals surface area contributed by atoms with E-state index < -0.39 is 5.97 Å². The van der Waals surface area contributed by atoms with Crippen molar-refractivity contribution in [2.24, 2.45) is 0 Å². The highest BCUT2D eigenvalue weighted by Crippen LogP contribution is 2.27. The van der Waals surface area contributed by atoms with Crippen LogP contribution in [0, 0.1) is 0 Å². The lowest BCUT2D eigenvalue weighted by atomic mass is 10.0. The predicted molar refractivity (Wildman–Crippen MR) is 53.4 cm³/mol. The Balaban J connectivity index is 2.35. The van der Waals surface area contributed by atoms with Crippen molar-refractivity contribution in [2.75, 3.05) is 6.61 Å². The van der Waals surface area contributed by atoms with E-state index in [1.54, 1.807) is 18.2 Å².